The van der Waals surface area contributed by atoms with Crippen molar-refractivity contribution in [2.24, 2.45) is 11.8 Å². The Morgan fingerprint density at radius 1 is 1.64 bits per heavy atom. The van der Waals surface area contributed by atoms with Gasteiger partial charge in [0, 0.05) is 5.92 Å². The second-order valence-electron chi connectivity index (χ2n) is 4.13. The van der Waals surface area contributed by atoms with Gasteiger partial charge in [0.25, 0.3) is 0 Å². The van der Waals surface area contributed by atoms with E-state index in [-0.39, 0.29) is 11.7 Å². The Hall–Kier alpha value is -0.830. The van der Waals surface area contributed by atoms with E-state index in [1.54, 1.807) is 0 Å². The Morgan fingerprint density at radius 3 is 2.93 bits per heavy atom. The Kier molecular flexibility index (Phi) is 2.87. The summed E-state index contributed by atoms with van der Waals surface area (Å²) in [5.74, 6) is 1.42. The van der Waals surface area contributed by atoms with Crippen molar-refractivity contribution in [2.45, 2.75) is 19.8 Å². The van der Waals surface area contributed by atoms with E-state index in [1.165, 1.54) is 0 Å². The first-order valence-corrected chi connectivity index (χ1v) is 5.37. The molecule has 1 saturated heterocycles. The molecule has 3 heteroatoms. The second kappa shape index (κ2) is 4.13. The maximum absolute atomic E-state index is 11.9. The number of ketones is 1. The van der Waals surface area contributed by atoms with Crippen LogP contribution in [0, 0.1) is 11.8 Å². The summed E-state index contributed by atoms with van der Waals surface area (Å²) in [5, 5.41) is 3.19. The molecule has 0 bridgehead atoms. The molecule has 2 aliphatic rings. The van der Waals surface area contributed by atoms with Gasteiger partial charge in [0.2, 0.25) is 0 Å². The van der Waals surface area contributed by atoms with Gasteiger partial charge in [0.05, 0.1) is 6.61 Å². The van der Waals surface area contributed by atoms with Gasteiger partial charge in [-0.3, -0.25) is 4.79 Å². The fraction of sp³-hybridized carbons (Fsp3) is 0.727. The van der Waals surface area contributed by atoms with Gasteiger partial charge in [-0.05, 0) is 37.9 Å². The normalized spacial score (nSPS) is 24.5. The average Bonchev–Trinajstić information content (AvgIpc) is 2.15. The van der Waals surface area contributed by atoms with Gasteiger partial charge in [-0.15, -0.1) is 0 Å². The molecule has 0 aromatic heterocycles. The van der Waals surface area contributed by atoms with Crippen molar-refractivity contribution in [3.05, 3.63) is 11.8 Å². The molecular weight excluding hydrogens is 178 g/mol. The van der Waals surface area contributed by atoms with E-state index in [0.29, 0.717) is 18.3 Å². The highest BCUT2D eigenvalue weighted by molar-refractivity contribution is 5.95. The standard InChI is InChI=1S/C11H17NO2/c1-8(9-6-12-7-9)11(13)10-4-2-3-5-14-10/h4,8-9,12H,2-3,5-7H2,1H3. The minimum Gasteiger partial charge on any atom is -0.490 e. The van der Waals surface area contributed by atoms with Crippen molar-refractivity contribution in [1.82, 2.24) is 5.32 Å². The van der Waals surface area contributed by atoms with Gasteiger partial charge in [-0.2, -0.15) is 0 Å². The number of nitrogens with one attached hydrogen (secondary N) is 1. The van der Waals surface area contributed by atoms with E-state index in [1.807, 2.05) is 13.0 Å². The van der Waals surface area contributed by atoms with Crippen LogP contribution in [-0.2, 0) is 9.53 Å². The molecule has 2 aliphatic heterocycles. The van der Waals surface area contributed by atoms with Crippen LogP contribution in [0.2, 0.25) is 0 Å². The number of ether oxygens (including phenoxy) is 1. The van der Waals surface area contributed by atoms with Crippen LogP contribution in [-0.4, -0.2) is 25.5 Å². The zero-order chi connectivity index (χ0) is 9.97. The molecule has 2 heterocycles. The molecule has 1 atom stereocenters. The van der Waals surface area contributed by atoms with E-state index >= 15 is 0 Å². The van der Waals surface area contributed by atoms with Gasteiger partial charge in [0.1, 0.15) is 0 Å². The lowest BCUT2D eigenvalue weighted by Gasteiger charge is -2.32. The first-order valence-electron chi connectivity index (χ1n) is 5.37. The number of carbonyl (C=O) groups is 1. The Bertz CT molecular complexity index is 256. The molecule has 1 N–H and O–H groups in total. The van der Waals surface area contributed by atoms with Gasteiger partial charge in [0.15, 0.2) is 11.5 Å². The zero-order valence-corrected chi connectivity index (χ0v) is 8.58. The van der Waals surface area contributed by atoms with E-state index < -0.39 is 0 Å². The third-order valence-electron chi connectivity index (χ3n) is 3.11. The van der Waals surface area contributed by atoms with Crippen LogP contribution in [0.15, 0.2) is 11.8 Å². The summed E-state index contributed by atoms with van der Waals surface area (Å²) in [6, 6.07) is 0. The lowest BCUT2D eigenvalue weighted by molar-refractivity contribution is -0.124. The number of hydrogen-bond acceptors (Lipinski definition) is 3. The molecule has 1 fully saturated rings. The van der Waals surface area contributed by atoms with Crippen LogP contribution < -0.4 is 5.32 Å². The Morgan fingerprint density at radius 2 is 2.43 bits per heavy atom. The smallest absolute Gasteiger partial charge is 0.200 e. The topological polar surface area (TPSA) is 38.3 Å². The van der Waals surface area contributed by atoms with Crippen molar-refractivity contribution in [3.63, 3.8) is 0 Å². The number of Topliss-reactive ketones (excluding diaryl/α,β-unsaturated/α-hetero) is 1. The van der Waals surface area contributed by atoms with Crippen molar-refractivity contribution in [2.75, 3.05) is 19.7 Å². The molecule has 3 nitrogen and oxygen atoms in total. The van der Waals surface area contributed by atoms with Gasteiger partial charge in [-0.1, -0.05) is 6.92 Å². The van der Waals surface area contributed by atoms with Crippen LogP contribution >= 0.6 is 0 Å². The minimum absolute atomic E-state index is 0.112. The predicted octanol–water partition coefficient (Wildman–Crippen LogP) is 1.11. The lowest BCUT2D eigenvalue weighted by atomic mass is 9.85. The molecule has 0 aliphatic carbocycles. The summed E-state index contributed by atoms with van der Waals surface area (Å²) < 4.78 is 5.37. The molecular formula is C11H17NO2. The highest BCUT2D eigenvalue weighted by atomic mass is 16.5. The summed E-state index contributed by atoms with van der Waals surface area (Å²) in [7, 11) is 0. The maximum Gasteiger partial charge on any atom is 0.200 e. The Labute approximate surface area is 84.5 Å². The van der Waals surface area contributed by atoms with Crippen LogP contribution in [0.5, 0.6) is 0 Å². The third kappa shape index (κ3) is 1.82. The van der Waals surface area contributed by atoms with Gasteiger partial charge in [-0.25, -0.2) is 0 Å². The Balaban J connectivity index is 1.95. The van der Waals surface area contributed by atoms with Crippen LogP contribution in [0.3, 0.4) is 0 Å². The molecule has 0 radical (unpaired) electrons. The summed E-state index contributed by atoms with van der Waals surface area (Å²) >= 11 is 0. The fourth-order valence-corrected chi connectivity index (χ4v) is 1.83. The summed E-state index contributed by atoms with van der Waals surface area (Å²) in [6.07, 6.45) is 3.96. The zero-order valence-electron chi connectivity index (χ0n) is 8.58. The fourth-order valence-electron chi connectivity index (χ4n) is 1.83. The molecule has 0 aromatic carbocycles. The van der Waals surface area contributed by atoms with Crippen molar-refractivity contribution in [3.8, 4) is 0 Å². The largest absolute Gasteiger partial charge is 0.490 e. The number of rotatable bonds is 3. The quantitative estimate of drug-likeness (QED) is 0.733. The lowest BCUT2D eigenvalue weighted by Crippen LogP contribution is -2.47. The third-order valence-corrected chi connectivity index (χ3v) is 3.11. The maximum atomic E-state index is 11.9. The highest BCUT2D eigenvalue weighted by Gasteiger charge is 2.31. The molecule has 14 heavy (non-hydrogen) atoms. The predicted molar refractivity (Wildman–Crippen MR) is 53.8 cm³/mol. The van der Waals surface area contributed by atoms with Gasteiger partial charge >= 0.3 is 0 Å². The first kappa shape index (κ1) is 9.71. The van der Waals surface area contributed by atoms with Crippen LogP contribution in [0.1, 0.15) is 19.8 Å². The van der Waals surface area contributed by atoms with Crippen LogP contribution in [0.25, 0.3) is 0 Å². The molecule has 0 aromatic rings. The summed E-state index contributed by atoms with van der Waals surface area (Å²) in [4.78, 5) is 11.9. The second-order valence-corrected chi connectivity index (χ2v) is 4.13. The van der Waals surface area contributed by atoms with E-state index in [2.05, 4.69) is 5.32 Å². The molecule has 0 amide bonds. The monoisotopic (exact) mass is 195 g/mol. The molecule has 1 unspecified atom stereocenters. The highest BCUT2D eigenvalue weighted by Crippen LogP contribution is 2.22. The summed E-state index contributed by atoms with van der Waals surface area (Å²) in [6.45, 7) is 4.65. The molecule has 78 valence electrons. The van der Waals surface area contributed by atoms with Crippen molar-refractivity contribution < 1.29 is 9.53 Å². The van der Waals surface area contributed by atoms with Crippen molar-refractivity contribution in [1.29, 1.82) is 0 Å². The molecule has 0 saturated carbocycles. The number of carbonyl (C=O) groups excluding carboxylic acids is 1. The summed E-state index contributed by atoms with van der Waals surface area (Å²) in [5.41, 5.74) is 0. The molecule has 2 rings (SSSR count). The van der Waals surface area contributed by atoms with E-state index in [9.17, 15) is 4.79 Å². The van der Waals surface area contributed by atoms with E-state index in [0.717, 1.165) is 25.9 Å². The SMILES string of the molecule is CC(C(=O)C1=CCCCO1)C1CNC1. The first-order chi connectivity index (χ1) is 6.79. The number of allylic oxidation sites excluding steroid dienone is 2. The number of hydrogen-bond donors (Lipinski definition) is 1. The average molecular weight is 195 g/mol. The molecule has 0 spiro atoms. The minimum atomic E-state index is 0.112. The van der Waals surface area contributed by atoms with Crippen molar-refractivity contribution >= 4 is 5.78 Å². The van der Waals surface area contributed by atoms with Gasteiger partial charge < -0.3 is 10.1 Å². The van der Waals surface area contributed by atoms with Crippen LogP contribution in [0.4, 0.5) is 0 Å². The van der Waals surface area contributed by atoms with E-state index in [4.69, 9.17) is 4.74 Å².